The fraction of sp³-hybridized carbons (Fsp3) is 0.545. The molecule has 0 atom stereocenters. The van der Waals surface area contributed by atoms with E-state index in [-0.39, 0.29) is 5.76 Å². The van der Waals surface area contributed by atoms with Gasteiger partial charge in [-0.25, -0.2) is 4.79 Å². The van der Waals surface area contributed by atoms with Crippen molar-refractivity contribution in [1.82, 2.24) is 0 Å². The van der Waals surface area contributed by atoms with E-state index in [0.717, 1.165) is 19.3 Å². The molecule has 1 aliphatic rings. The summed E-state index contributed by atoms with van der Waals surface area (Å²) in [5.74, 6) is -1.24. The van der Waals surface area contributed by atoms with Crippen LogP contribution in [0.5, 0.6) is 0 Å². The molecule has 1 aromatic rings. The Morgan fingerprint density at radius 2 is 2.00 bits per heavy atom. The Morgan fingerprint density at radius 3 is 2.60 bits per heavy atom. The minimum absolute atomic E-state index is 0.126. The van der Waals surface area contributed by atoms with Crippen molar-refractivity contribution < 1.29 is 19.4 Å². The first-order valence-corrected chi connectivity index (χ1v) is 5.17. The minimum Gasteiger partial charge on any atom is -0.475 e. The van der Waals surface area contributed by atoms with Gasteiger partial charge >= 0.3 is 5.97 Å². The SMILES string of the molecule is O=C(O)c1occc1C1(O)CCCCC1. The van der Waals surface area contributed by atoms with E-state index in [1.807, 2.05) is 0 Å². The van der Waals surface area contributed by atoms with Crippen molar-refractivity contribution in [1.29, 1.82) is 0 Å². The van der Waals surface area contributed by atoms with Crippen LogP contribution < -0.4 is 0 Å². The van der Waals surface area contributed by atoms with Crippen LogP contribution in [0.4, 0.5) is 0 Å². The summed E-state index contributed by atoms with van der Waals surface area (Å²) >= 11 is 0. The van der Waals surface area contributed by atoms with E-state index in [2.05, 4.69) is 0 Å². The second-order valence-corrected chi connectivity index (χ2v) is 4.06. The molecule has 0 aromatic carbocycles. The van der Waals surface area contributed by atoms with Gasteiger partial charge in [0, 0.05) is 5.56 Å². The molecule has 0 unspecified atom stereocenters. The Bertz CT molecular complexity index is 360. The van der Waals surface area contributed by atoms with Crippen LogP contribution in [0.2, 0.25) is 0 Å². The molecule has 2 rings (SSSR count). The third-order valence-corrected chi connectivity index (χ3v) is 3.04. The van der Waals surface area contributed by atoms with Gasteiger partial charge < -0.3 is 14.6 Å². The Morgan fingerprint density at radius 1 is 1.33 bits per heavy atom. The van der Waals surface area contributed by atoms with Gasteiger partial charge in [-0.15, -0.1) is 0 Å². The minimum atomic E-state index is -1.12. The normalized spacial score (nSPS) is 20.1. The number of carboxylic acid groups (broad SMARTS) is 1. The lowest BCUT2D eigenvalue weighted by atomic mass is 9.80. The largest absolute Gasteiger partial charge is 0.475 e. The third kappa shape index (κ3) is 1.77. The Labute approximate surface area is 87.5 Å². The molecule has 1 heterocycles. The number of aliphatic hydroxyl groups is 1. The summed E-state index contributed by atoms with van der Waals surface area (Å²) in [6.45, 7) is 0. The average Bonchev–Trinajstić information content (AvgIpc) is 2.67. The number of hydrogen-bond acceptors (Lipinski definition) is 3. The molecule has 0 amide bonds. The van der Waals surface area contributed by atoms with Gasteiger partial charge in [-0.3, -0.25) is 0 Å². The number of hydrogen-bond donors (Lipinski definition) is 2. The predicted octanol–water partition coefficient (Wildman–Crippen LogP) is 2.13. The quantitative estimate of drug-likeness (QED) is 0.784. The lowest BCUT2D eigenvalue weighted by Gasteiger charge is -2.31. The monoisotopic (exact) mass is 210 g/mol. The molecule has 0 aliphatic heterocycles. The van der Waals surface area contributed by atoms with E-state index >= 15 is 0 Å². The van der Waals surface area contributed by atoms with Crippen LogP contribution in [0, 0.1) is 0 Å². The zero-order valence-electron chi connectivity index (χ0n) is 8.40. The molecular formula is C11H14O4. The van der Waals surface area contributed by atoms with Gasteiger partial charge in [-0.1, -0.05) is 19.3 Å². The van der Waals surface area contributed by atoms with E-state index in [1.165, 1.54) is 6.26 Å². The first-order valence-electron chi connectivity index (χ1n) is 5.17. The maximum atomic E-state index is 10.9. The summed E-state index contributed by atoms with van der Waals surface area (Å²) in [6.07, 6.45) is 5.52. The van der Waals surface area contributed by atoms with Crippen LogP contribution in [0.1, 0.15) is 48.2 Å². The Hall–Kier alpha value is -1.29. The van der Waals surface area contributed by atoms with Gasteiger partial charge in [-0.05, 0) is 18.9 Å². The molecule has 1 fully saturated rings. The zero-order valence-corrected chi connectivity index (χ0v) is 8.40. The van der Waals surface area contributed by atoms with Crippen molar-refractivity contribution in [2.24, 2.45) is 0 Å². The van der Waals surface area contributed by atoms with Crippen LogP contribution in [-0.2, 0) is 5.60 Å². The molecule has 82 valence electrons. The number of rotatable bonds is 2. The number of carbonyl (C=O) groups is 1. The lowest BCUT2D eigenvalue weighted by Crippen LogP contribution is -2.29. The van der Waals surface area contributed by atoms with Gasteiger partial charge in [-0.2, -0.15) is 0 Å². The van der Waals surface area contributed by atoms with E-state index in [1.54, 1.807) is 6.07 Å². The topological polar surface area (TPSA) is 70.7 Å². The average molecular weight is 210 g/mol. The maximum absolute atomic E-state index is 10.9. The second-order valence-electron chi connectivity index (χ2n) is 4.06. The summed E-state index contributed by atoms with van der Waals surface area (Å²) in [7, 11) is 0. The zero-order chi connectivity index (χ0) is 10.9. The molecule has 0 bridgehead atoms. The lowest BCUT2D eigenvalue weighted by molar-refractivity contribution is -0.00290. The Balaban J connectivity index is 2.34. The van der Waals surface area contributed by atoms with Crippen LogP contribution in [0.15, 0.2) is 16.7 Å². The van der Waals surface area contributed by atoms with Crippen LogP contribution in [0.3, 0.4) is 0 Å². The highest BCUT2D eigenvalue weighted by Crippen LogP contribution is 2.38. The van der Waals surface area contributed by atoms with Crippen molar-refractivity contribution in [3.8, 4) is 0 Å². The summed E-state index contributed by atoms with van der Waals surface area (Å²) < 4.78 is 4.88. The molecule has 0 saturated heterocycles. The van der Waals surface area contributed by atoms with Gasteiger partial charge in [0.15, 0.2) is 0 Å². The van der Waals surface area contributed by atoms with Crippen LogP contribution in [0.25, 0.3) is 0 Å². The molecule has 0 spiro atoms. The third-order valence-electron chi connectivity index (χ3n) is 3.04. The fourth-order valence-corrected chi connectivity index (χ4v) is 2.25. The second kappa shape index (κ2) is 3.70. The summed E-state index contributed by atoms with van der Waals surface area (Å²) in [6, 6.07) is 1.56. The standard InChI is InChI=1S/C11H14O4/c12-10(13)9-8(4-7-15-9)11(14)5-2-1-3-6-11/h4,7,14H,1-3,5-6H2,(H,12,13). The highest BCUT2D eigenvalue weighted by molar-refractivity contribution is 5.86. The molecule has 1 saturated carbocycles. The van der Waals surface area contributed by atoms with E-state index in [0.29, 0.717) is 18.4 Å². The number of furan rings is 1. The molecule has 15 heavy (non-hydrogen) atoms. The molecule has 1 aromatic heterocycles. The Kier molecular flexibility index (Phi) is 2.52. The molecule has 0 radical (unpaired) electrons. The fourth-order valence-electron chi connectivity index (χ4n) is 2.25. The molecule has 4 heteroatoms. The van der Waals surface area contributed by atoms with E-state index in [9.17, 15) is 9.90 Å². The van der Waals surface area contributed by atoms with Crippen LogP contribution in [-0.4, -0.2) is 16.2 Å². The van der Waals surface area contributed by atoms with Crippen LogP contribution >= 0.6 is 0 Å². The van der Waals surface area contributed by atoms with E-state index < -0.39 is 11.6 Å². The van der Waals surface area contributed by atoms with Crippen molar-refractivity contribution in [3.63, 3.8) is 0 Å². The summed E-state index contributed by atoms with van der Waals surface area (Å²) in [4.78, 5) is 10.9. The molecular weight excluding hydrogens is 196 g/mol. The summed E-state index contributed by atoms with van der Waals surface area (Å²) in [5, 5.41) is 19.2. The van der Waals surface area contributed by atoms with Crippen molar-refractivity contribution in [2.45, 2.75) is 37.7 Å². The number of aromatic carboxylic acids is 1. The van der Waals surface area contributed by atoms with Crippen molar-refractivity contribution >= 4 is 5.97 Å². The molecule has 2 N–H and O–H groups in total. The molecule has 4 nitrogen and oxygen atoms in total. The highest BCUT2D eigenvalue weighted by Gasteiger charge is 2.36. The number of carboxylic acids is 1. The highest BCUT2D eigenvalue weighted by atomic mass is 16.4. The van der Waals surface area contributed by atoms with Gasteiger partial charge in [0.05, 0.1) is 11.9 Å². The van der Waals surface area contributed by atoms with E-state index in [4.69, 9.17) is 9.52 Å². The first-order chi connectivity index (χ1) is 7.13. The van der Waals surface area contributed by atoms with Crippen molar-refractivity contribution in [2.75, 3.05) is 0 Å². The first kappa shape index (κ1) is 10.2. The van der Waals surface area contributed by atoms with Gasteiger partial charge in [0.1, 0.15) is 0 Å². The van der Waals surface area contributed by atoms with Crippen molar-refractivity contribution in [3.05, 3.63) is 23.7 Å². The summed E-state index contributed by atoms with van der Waals surface area (Å²) in [5.41, 5.74) is -0.575. The van der Waals surface area contributed by atoms with Gasteiger partial charge in [0.25, 0.3) is 0 Å². The smallest absolute Gasteiger partial charge is 0.372 e. The van der Waals surface area contributed by atoms with Gasteiger partial charge in [0.2, 0.25) is 5.76 Å². The molecule has 1 aliphatic carbocycles. The predicted molar refractivity (Wildman–Crippen MR) is 52.6 cm³/mol. The maximum Gasteiger partial charge on any atom is 0.372 e.